The van der Waals surface area contributed by atoms with Crippen molar-refractivity contribution in [3.8, 4) is 5.75 Å². The normalized spacial score (nSPS) is 10.0. The fraction of sp³-hybridized carbons (Fsp3) is 0.250. The first kappa shape index (κ1) is 10.4. The lowest BCUT2D eigenvalue weighted by molar-refractivity contribution is 0.338. The molecule has 12 heavy (non-hydrogen) atoms. The van der Waals surface area contributed by atoms with Crippen LogP contribution < -0.4 is 4.74 Å². The molecule has 0 fully saturated rings. The molecule has 0 amide bonds. The lowest BCUT2D eigenvalue weighted by Crippen LogP contribution is -1.95. The Hall–Kier alpha value is 0.330. The van der Waals surface area contributed by atoms with Crippen molar-refractivity contribution in [2.45, 2.75) is 6.92 Å². The predicted octanol–water partition coefficient (Wildman–Crippen LogP) is 4.00. The smallest absolute Gasteiger partial charge is 0.152 e. The number of ether oxygens (including phenoxy) is 1. The summed E-state index contributed by atoms with van der Waals surface area (Å²) in [5, 5.41) is 1.27. The monoisotopic (exact) mass is 316 g/mol. The highest BCUT2D eigenvalue weighted by Gasteiger charge is 2.08. The van der Waals surface area contributed by atoms with Crippen LogP contribution in [0.25, 0.3) is 0 Å². The molecule has 0 aliphatic carbocycles. The van der Waals surface area contributed by atoms with Crippen LogP contribution in [0.1, 0.15) is 6.92 Å². The Morgan fingerprint density at radius 3 is 2.50 bits per heavy atom. The van der Waals surface area contributed by atoms with Gasteiger partial charge in [-0.2, -0.15) is 0 Å². The summed E-state index contributed by atoms with van der Waals surface area (Å²) in [5.41, 5.74) is 0. The zero-order valence-corrected chi connectivity index (χ0v) is 10.1. The minimum absolute atomic E-state index is 0.593. The van der Waals surface area contributed by atoms with Gasteiger partial charge < -0.3 is 4.74 Å². The van der Waals surface area contributed by atoms with Gasteiger partial charge in [0, 0.05) is 0 Å². The van der Waals surface area contributed by atoms with Gasteiger partial charge in [0.25, 0.3) is 0 Å². The first-order valence-corrected chi connectivity index (χ1v) is 5.26. The summed E-state index contributed by atoms with van der Waals surface area (Å²) in [6, 6.07) is 3.49. The third-order valence-corrected chi connectivity index (χ3v) is 3.29. The molecule has 0 heterocycles. The van der Waals surface area contributed by atoms with E-state index >= 15 is 0 Å². The van der Waals surface area contributed by atoms with E-state index in [1.807, 2.05) is 6.92 Å². The molecule has 0 atom stereocenters. The summed E-state index contributed by atoms with van der Waals surface area (Å²) >= 11 is 13.9. The molecule has 0 aliphatic rings. The second-order valence-electron chi connectivity index (χ2n) is 2.11. The number of hydrogen-bond donors (Lipinski definition) is 0. The molecule has 0 spiro atoms. The first-order chi connectivity index (χ1) is 5.66. The Morgan fingerprint density at radius 2 is 1.92 bits per heavy atom. The van der Waals surface area contributed by atoms with Gasteiger partial charge in [0.2, 0.25) is 0 Å². The second-order valence-corrected chi connectivity index (χ2v) is 4.00. The van der Waals surface area contributed by atoms with E-state index in [0.29, 0.717) is 22.4 Å². The highest BCUT2D eigenvalue weighted by molar-refractivity contribution is 14.1. The van der Waals surface area contributed by atoms with Gasteiger partial charge in [0.05, 0.1) is 20.2 Å². The maximum absolute atomic E-state index is 5.89. The predicted molar refractivity (Wildman–Crippen MR) is 60.3 cm³/mol. The van der Waals surface area contributed by atoms with Crippen molar-refractivity contribution in [1.29, 1.82) is 0 Å². The zero-order chi connectivity index (χ0) is 9.14. The fourth-order valence-corrected chi connectivity index (χ4v) is 1.93. The molecule has 1 aromatic rings. The molecule has 66 valence electrons. The molecule has 0 radical (unpaired) electrons. The van der Waals surface area contributed by atoms with Crippen LogP contribution in [-0.2, 0) is 0 Å². The van der Waals surface area contributed by atoms with E-state index in [9.17, 15) is 0 Å². The summed E-state index contributed by atoms with van der Waals surface area (Å²) < 4.78 is 6.19. The summed E-state index contributed by atoms with van der Waals surface area (Å²) in [5.74, 6) is 0.673. The zero-order valence-electron chi connectivity index (χ0n) is 6.40. The second kappa shape index (κ2) is 4.53. The van der Waals surface area contributed by atoms with Gasteiger partial charge in [-0.3, -0.25) is 0 Å². The summed E-state index contributed by atoms with van der Waals surface area (Å²) in [7, 11) is 0. The van der Waals surface area contributed by atoms with Crippen LogP contribution >= 0.6 is 45.8 Å². The Balaban J connectivity index is 3.14. The molecular weight excluding hydrogens is 310 g/mol. The van der Waals surface area contributed by atoms with Gasteiger partial charge in [0.15, 0.2) is 5.75 Å². The molecule has 1 aromatic carbocycles. The third-order valence-electron chi connectivity index (χ3n) is 1.29. The SMILES string of the molecule is CCOc1c(Cl)ccc(Cl)c1I. The molecule has 0 saturated heterocycles. The maximum Gasteiger partial charge on any atom is 0.152 e. The van der Waals surface area contributed by atoms with Gasteiger partial charge in [-0.1, -0.05) is 23.2 Å². The molecule has 1 rings (SSSR count). The molecule has 4 heteroatoms. The average molecular weight is 317 g/mol. The van der Waals surface area contributed by atoms with E-state index in [2.05, 4.69) is 22.6 Å². The van der Waals surface area contributed by atoms with Crippen molar-refractivity contribution in [2.75, 3.05) is 6.61 Å². The molecule has 0 aromatic heterocycles. The largest absolute Gasteiger partial charge is 0.491 e. The minimum atomic E-state index is 0.593. The molecule has 0 unspecified atom stereocenters. The van der Waals surface area contributed by atoms with E-state index in [-0.39, 0.29) is 0 Å². The summed E-state index contributed by atoms with van der Waals surface area (Å²) in [4.78, 5) is 0. The first-order valence-electron chi connectivity index (χ1n) is 3.43. The van der Waals surface area contributed by atoms with Crippen LogP contribution in [-0.4, -0.2) is 6.61 Å². The van der Waals surface area contributed by atoms with Gasteiger partial charge in [-0.25, -0.2) is 0 Å². The number of halogens is 3. The van der Waals surface area contributed by atoms with Crippen molar-refractivity contribution in [3.63, 3.8) is 0 Å². The van der Waals surface area contributed by atoms with E-state index in [0.717, 1.165) is 3.57 Å². The molecule has 0 N–H and O–H groups in total. The van der Waals surface area contributed by atoms with E-state index < -0.39 is 0 Å². The standard InChI is InChI=1S/C8H7Cl2IO/c1-2-12-8-6(10)4-3-5(9)7(8)11/h3-4H,2H2,1H3. The highest BCUT2D eigenvalue weighted by Crippen LogP contribution is 2.34. The van der Waals surface area contributed by atoms with Gasteiger partial charge in [-0.15, -0.1) is 0 Å². The van der Waals surface area contributed by atoms with Gasteiger partial charge in [0.1, 0.15) is 0 Å². The number of rotatable bonds is 2. The van der Waals surface area contributed by atoms with Crippen molar-refractivity contribution in [3.05, 3.63) is 25.7 Å². The summed E-state index contributed by atoms with van der Waals surface area (Å²) in [6.45, 7) is 2.50. The Labute approximate surface area is 95.1 Å². The van der Waals surface area contributed by atoms with E-state index in [1.54, 1.807) is 12.1 Å². The van der Waals surface area contributed by atoms with Gasteiger partial charge >= 0.3 is 0 Å². The third kappa shape index (κ3) is 2.18. The molecular formula is C8H7Cl2IO. The van der Waals surface area contributed by atoms with E-state index in [4.69, 9.17) is 27.9 Å². The lowest BCUT2D eigenvalue weighted by Gasteiger charge is -2.08. The van der Waals surface area contributed by atoms with Crippen LogP contribution in [0, 0.1) is 3.57 Å². The van der Waals surface area contributed by atoms with Crippen molar-refractivity contribution < 1.29 is 4.74 Å². The molecule has 0 bridgehead atoms. The van der Waals surface area contributed by atoms with Crippen molar-refractivity contribution >= 4 is 45.8 Å². The maximum atomic E-state index is 5.89. The van der Waals surface area contributed by atoms with Gasteiger partial charge in [-0.05, 0) is 41.6 Å². The quantitative estimate of drug-likeness (QED) is 0.592. The average Bonchev–Trinajstić information content (AvgIpc) is 2.06. The van der Waals surface area contributed by atoms with Crippen LogP contribution in [0.5, 0.6) is 5.75 Å². The molecule has 0 aliphatic heterocycles. The van der Waals surface area contributed by atoms with Crippen LogP contribution in [0.4, 0.5) is 0 Å². The Bertz CT molecular complexity index is 289. The van der Waals surface area contributed by atoms with Crippen molar-refractivity contribution in [1.82, 2.24) is 0 Å². The van der Waals surface area contributed by atoms with Crippen LogP contribution in [0.2, 0.25) is 10.0 Å². The topological polar surface area (TPSA) is 9.23 Å². The molecule has 0 saturated carbocycles. The summed E-state index contributed by atoms with van der Waals surface area (Å²) in [6.07, 6.45) is 0. The lowest BCUT2D eigenvalue weighted by atomic mass is 10.3. The molecule has 1 nitrogen and oxygen atoms in total. The fourth-order valence-electron chi connectivity index (χ4n) is 0.785. The van der Waals surface area contributed by atoms with Crippen LogP contribution in [0.15, 0.2) is 12.1 Å². The van der Waals surface area contributed by atoms with E-state index in [1.165, 1.54) is 0 Å². The van der Waals surface area contributed by atoms with Crippen LogP contribution in [0.3, 0.4) is 0 Å². The highest BCUT2D eigenvalue weighted by atomic mass is 127. The number of hydrogen-bond acceptors (Lipinski definition) is 1. The van der Waals surface area contributed by atoms with Crippen molar-refractivity contribution in [2.24, 2.45) is 0 Å². The number of benzene rings is 1. The Morgan fingerprint density at radius 1 is 1.33 bits per heavy atom. The Kier molecular flexibility index (Phi) is 3.93. The minimum Gasteiger partial charge on any atom is -0.491 e.